The van der Waals surface area contributed by atoms with Gasteiger partial charge in [0.15, 0.2) is 0 Å². The first kappa shape index (κ1) is 18.0. The molecule has 0 aliphatic heterocycles. The first-order valence-corrected chi connectivity index (χ1v) is 7.12. The zero-order valence-corrected chi connectivity index (χ0v) is 12.8. The largest absolute Gasteiger partial charge is 0.303 e. The lowest BCUT2D eigenvalue weighted by Crippen LogP contribution is -2.47. The fraction of sp³-hybridized carbons (Fsp3) is 0.500. The van der Waals surface area contributed by atoms with Crippen molar-refractivity contribution in [3.8, 4) is 0 Å². The van der Waals surface area contributed by atoms with Crippen LogP contribution < -0.4 is 5.73 Å². The van der Waals surface area contributed by atoms with Gasteiger partial charge in [-0.15, -0.1) is 0 Å². The van der Waals surface area contributed by atoms with Gasteiger partial charge in [-0.25, -0.2) is 0 Å². The van der Waals surface area contributed by atoms with Crippen molar-refractivity contribution in [2.45, 2.75) is 18.1 Å². The molecule has 110 valence electrons. The van der Waals surface area contributed by atoms with Crippen molar-refractivity contribution in [2.75, 3.05) is 28.2 Å². The second kappa shape index (κ2) is 7.56. The van der Waals surface area contributed by atoms with E-state index in [1.807, 2.05) is 44.9 Å². The summed E-state index contributed by atoms with van der Waals surface area (Å²) in [6.45, 7) is 1.84. The van der Waals surface area contributed by atoms with Gasteiger partial charge in [-0.05, 0) is 47.2 Å². The molecule has 1 aromatic carbocycles. The highest BCUT2D eigenvalue weighted by Crippen LogP contribution is 2.08. The van der Waals surface area contributed by atoms with Crippen LogP contribution in [0.1, 0.15) is 5.56 Å². The topological polar surface area (TPSA) is 86.9 Å². The van der Waals surface area contributed by atoms with Crippen LogP contribution in [0.25, 0.3) is 0 Å². The molecule has 0 aliphatic carbocycles. The molecule has 1 aromatic rings. The summed E-state index contributed by atoms with van der Waals surface area (Å²) in [5.41, 5.74) is 6.57. The van der Waals surface area contributed by atoms with Crippen LogP contribution in [-0.2, 0) is 10.1 Å². The van der Waals surface area contributed by atoms with Gasteiger partial charge < -0.3 is 5.73 Å². The van der Waals surface area contributed by atoms with E-state index < -0.39 is 10.1 Å². The number of nitrogens with zero attached hydrogens (tertiary/aromatic N) is 2. The first-order valence-electron chi connectivity index (χ1n) is 5.68. The molecule has 0 atom stereocenters. The van der Waals surface area contributed by atoms with Gasteiger partial charge in [-0.1, -0.05) is 17.7 Å². The van der Waals surface area contributed by atoms with Crippen molar-refractivity contribution < 1.29 is 13.0 Å². The highest BCUT2D eigenvalue weighted by Gasteiger charge is 2.06. The maximum Gasteiger partial charge on any atom is 0.294 e. The number of hydrogen-bond acceptors (Lipinski definition) is 5. The van der Waals surface area contributed by atoms with E-state index >= 15 is 0 Å². The number of benzene rings is 1. The van der Waals surface area contributed by atoms with E-state index in [-0.39, 0.29) is 11.2 Å². The molecular weight excluding hydrogens is 266 g/mol. The van der Waals surface area contributed by atoms with E-state index in [0.717, 1.165) is 5.56 Å². The fourth-order valence-corrected chi connectivity index (χ4v) is 1.65. The quantitative estimate of drug-likeness (QED) is 0.626. The van der Waals surface area contributed by atoms with Crippen LogP contribution in [0.5, 0.6) is 0 Å². The van der Waals surface area contributed by atoms with E-state index in [4.69, 9.17) is 10.3 Å². The Bertz CT molecular complexity index is 461. The minimum Gasteiger partial charge on any atom is -0.303 e. The normalized spacial score (nSPS) is 11.7. The Hall–Kier alpha value is -0.990. The first-order chi connectivity index (χ1) is 8.55. The van der Waals surface area contributed by atoms with Crippen LogP contribution in [-0.4, -0.2) is 57.3 Å². The molecule has 3 N–H and O–H groups in total. The second-order valence-corrected chi connectivity index (χ2v) is 6.05. The molecule has 7 heteroatoms. The Morgan fingerprint density at radius 3 is 1.63 bits per heavy atom. The lowest BCUT2D eigenvalue weighted by molar-refractivity contribution is 0.136. The number of nitrogens with two attached hydrogens (primary N) is 1. The van der Waals surface area contributed by atoms with Crippen LogP contribution in [0.4, 0.5) is 0 Å². The number of hydrogen-bond donors (Lipinski definition) is 2. The van der Waals surface area contributed by atoms with Crippen molar-refractivity contribution in [3.63, 3.8) is 0 Å². The minimum atomic E-state index is -4.02. The Morgan fingerprint density at radius 2 is 1.42 bits per heavy atom. The highest BCUT2D eigenvalue weighted by molar-refractivity contribution is 7.85. The Morgan fingerprint density at radius 1 is 1.05 bits per heavy atom. The molecule has 0 saturated heterocycles. The third-order valence-corrected chi connectivity index (χ3v) is 3.24. The van der Waals surface area contributed by atoms with Crippen LogP contribution in [0.3, 0.4) is 0 Å². The smallest absolute Gasteiger partial charge is 0.294 e. The van der Waals surface area contributed by atoms with Crippen LogP contribution in [0.15, 0.2) is 29.2 Å². The molecule has 19 heavy (non-hydrogen) atoms. The number of aryl methyl sites for hydroxylation is 1. The van der Waals surface area contributed by atoms with Crippen molar-refractivity contribution in [1.82, 2.24) is 9.80 Å². The second-order valence-electron chi connectivity index (χ2n) is 4.63. The molecule has 6 nitrogen and oxygen atoms in total. The average molecular weight is 289 g/mol. The van der Waals surface area contributed by atoms with Crippen LogP contribution >= 0.6 is 0 Å². The summed E-state index contributed by atoms with van der Waals surface area (Å²) in [5.74, 6) is 0. The van der Waals surface area contributed by atoms with Gasteiger partial charge in [0.25, 0.3) is 10.1 Å². The maximum absolute atomic E-state index is 10.5. The molecular formula is C12H23N3O3S. The van der Waals surface area contributed by atoms with Gasteiger partial charge in [-0.3, -0.25) is 14.4 Å². The van der Waals surface area contributed by atoms with Gasteiger partial charge in [-0.2, -0.15) is 8.42 Å². The van der Waals surface area contributed by atoms with E-state index in [1.54, 1.807) is 12.1 Å². The van der Waals surface area contributed by atoms with E-state index in [0.29, 0.717) is 0 Å². The minimum absolute atomic E-state index is 0.0370. The van der Waals surface area contributed by atoms with Crippen LogP contribution in [0, 0.1) is 6.92 Å². The summed E-state index contributed by atoms with van der Waals surface area (Å²) in [6.07, 6.45) is 0.0370. The molecule has 0 saturated carbocycles. The van der Waals surface area contributed by atoms with E-state index in [2.05, 4.69) is 0 Å². The molecule has 0 aromatic heterocycles. The average Bonchev–Trinajstić information content (AvgIpc) is 2.27. The lowest BCUT2D eigenvalue weighted by atomic mass is 10.2. The Labute approximate surface area is 115 Å². The molecule has 0 unspecified atom stereocenters. The molecule has 0 heterocycles. The summed E-state index contributed by atoms with van der Waals surface area (Å²) in [4.78, 5) is 3.82. The maximum atomic E-state index is 10.5. The van der Waals surface area contributed by atoms with Gasteiger partial charge in [0.05, 0.1) is 4.90 Å². The predicted molar refractivity (Wildman–Crippen MR) is 76.3 cm³/mol. The van der Waals surface area contributed by atoms with Gasteiger partial charge >= 0.3 is 0 Å². The Balaban J connectivity index is 0.000000362. The van der Waals surface area contributed by atoms with Crippen LogP contribution in [0.2, 0.25) is 0 Å². The molecule has 0 fully saturated rings. The summed E-state index contributed by atoms with van der Waals surface area (Å²) >= 11 is 0. The SMILES string of the molecule is CN(C)C(N)N(C)C.Cc1ccc(S(=O)(=O)O)cc1. The molecule has 0 bridgehead atoms. The van der Waals surface area contributed by atoms with Crippen molar-refractivity contribution in [3.05, 3.63) is 29.8 Å². The predicted octanol–water partition coefficient (Wildman–Crippen LogP) is 0.594. The molecule has 0 radical (unpaired) electrons. The standard InChI is InChI=1S/C7H8O3S.C5H15N3/c1-6-2-4-7(5-3-6)11(8,9)10;1-7(2)5(6)8(3)4/h2-5H,1H3,(H,8,9,10);5H,6H2,1-4H3. The van der Waals surface area contributed by atoms with Gasteiger partial charge in [0.2, 0.25) is 0 Å². The fourth-order valence-electron chi connectivity index (χ4n) is 1.17. The van der Waals surface area contributed by atoms with E-state index in [1.165, 1.54) is 12.1 Å². The zero-order chi connectivity index (χ0) is 15.2. The summed E-state index contributed by atoms with van der Waals surface area (Å²) in [7, 11) is 3.78. The van der Waals surface area contributed by atoms with E-state index in [9.17, 15) is 8.42 Å². The monoisotopic (exact) mass is 289 g/mol. The van der Waals surface area contributed by atoms with Crippen molar-refractivity contribution >= 4 is 10.1 Å². The molecule has 0 spiro atoms. The zero-order valence-electron chi connectivity index (χ0n) is 12.0. The highest BCUT2D eigenvalue weighted by atomic mass is 32.2. The Kier molecular flexibility index (Phi) is 7.17. The van der Waals surface area contributed by atoms with Crippen molar-refractivity contribution in [2.24, 2.45) is 5.73 Å². The number of rotatable bonds is 3. The van der Waals surface area contributed by atoms with Gasteiger partial charge in [0, 0.05) is 0 Å². The molecule has 1 rings (SSSR count). The summed E-state index contributed by atoms with van der Waals surface area (Å²) in [6, 6.07) is 5.99. The molecule has 0 aliphatic rings. The third-order valence-electron chi connectivity index (χ3n) is 2.38. The summed E-state index contributed by atoms with van der Waals surface area (Å²) < 4.78 is 29.6. The third kappa shape index (κ3) is 7.24. The summed E-state index contributed by atoms with van der Waals surface area (Å²) in [5, 5.41) is 0. The lowest BCUT2D eigenvalue weighted by Gasteiger charge is -2.25. The van der Waals surface area contributed by atoms with Crippen molar-refractivity contribution in [1.29, 1.82) is 0 Å². The molecule has 0 amide bonds. The van der Waals surface area contributed by atoms with Gasteiger partial charge in [0.1, 0.15) is 6.29 Å².